The number of nitrogens with zero attached hydrogens (tertiary/aromatic N) is 3. The highest BCUT2D eigenvalue weighted by molar-refractivity contribution is 9.10. The van der Waals surface area contributed by atoms with Crippen molar-refractivity contribution in [1.29, 1.82) is 0 Å². The van der Waals surface area contributed by atoms with Crippen LogP contribution in [0.3, 0.4) is 0 Å². The summed E-state index contributed by atoms with van der Waals surface area (Å²) in [4.78, 5) is 2.15. The van der Waals surface area contributed by atoms with Crippen LogP contribution >= 0.6 is 15.9 Å². The molecule has 0 saturated carbocycles. The van der Waals surface area contributed by atoms with Crippen molar-refractivity contribution >= 4 is 15.9 Å². The third-order valence-corrected chi connectivity index (χ3v) is 3.29. The van der Waals surface area contributed by atoms with Crippen LogP contribution in [0, 0.1) is 0 Å². The maximum atomic E-state index is 5.82. The van der Waals surface area contributed by atoms with Gasteiger partial charge >= 0.3 is 0 Å². The van der Waals surface area contributed by atoms with Crippen LogP contribution in [0.5, 0.6) is 0 Å². The van der Waals surface area contributed by atoms with Gasteiger partial charge in [-0.05, 0) is 30.0 Å². The van der Waals surface area contributed by atoms with Gasteiger partial charge in [0, 0.05) is 18.5 Å². The number of hydrogen-bond donors (Lipinski definition) is 1. The second-order valence-electron chi connectivity index (χ2n) is 4.96. The lowest BCUT2D eigenvalue weighted by Gasteiger charge is -2.25. The number of nitrogens with two attached hydrogens (primary N) is 1. The van der Waals surface area contributed by atoms with E-state index in [2.05, 4.69) is 53.9 Å². The minimum Gasteiger partial charge on any atom is -0.330 e. The number of likely N-dealkylation sites (N-methyl/N-ethyl adjacent to an activating group) is 1. The van der Waals surface area contributed by atoms with Crippen molar-refractivity contribution in [2.75, 3.05) is 27.2 Å². The number of hydrogen-bond acceptors (Lipinski definition) is 3. The predicted molar refractivity (Wildman–Crippen MR) is 70.6 cm³/mol. The SMILES string of the molecule is CN(C)CCn1ncc(Br)c1C(C)(C)CN. The molecule has 1 aromatic rings. The first-order valence-electron chi connectivity index (χ1n) is 5.45. The zero-order valence-corrected chi connectivity index (χ0v) is 12.1. The van der Waals surface area contributed by atoms with E-state index in [9.17, 15) is 0 Å². The highest BCUT2D eigenvalue weighted by Gasteiger charge is 2.26. The lowest BCUT2D eigenvalue weighted by molar-refractivity contribution is 0.357. The van der Waals surface area contributed by atoms with Crippen molar-refractivity contribution in [3.8, 4) is 0 Å². The van der Waals surface area contributed by atoms with Gasteiger partial charge in [-0.25, -0.2) is 0 Å². The third-order valence-electron chi connectivity index (χ3n) is 2.71. The Labute approximate surface area is 106 Å². The zero-order chi connectivity index (χ0) is 12.3. The summed E-state index contributed by atoms with van der Waals surface area (Å²) in [6, 6.07) is 0. The van der Waals surface area contributed by atoms with E-state index >= 15 is 0 Å². The van der Waals surface area contributed by atoms with Crippen LogP contribution in [-0.2, 0) is 12.0 Å². The Morgan fingerprint density at radius 2 is 2.12 bits per heavy atom. The molecule has 1 heterocycles. The van der Waals surface area contributed by atoms with Crippen molar-refractivity contribution in [3.05, 3.63) is 16.4 Å². The van der Waals surface area contributed by atoms with Crippen LogP contribution in [0.1, 0.15) is 19.5 Å². The van der Waals surface area contributed by atoms with Gasteiger partial charge in [0.2, 0.25) is 0 Å². The summed E-state index contributed by atoms with van der Waals surface area (Å²) in [5, 5.41) is 4.39. The molecule has 1 rings (SSSR count). The average Bonchev–Trinajstić information content (AvgIpc) is 2.57. The molecule has 0 aliphatic rings. The number of rotatable bonds is 5. The Kier molecular flexibility index (Phi) is 4.52. The zero-order valence-electron chi connectivity index (χ0n) is 10.5. The topological polar surface area (TPSA) is 47.1 Å². The first-order chi connectivity index (χ1) is 7.38. The van der Waals surface area contributed by atoms with Gasteiger partial charge in [-0.15, -0.1) is 0 Å². The lowest BCUT2D eigenvalue weighted by atomic mass is 9.89. The van der Waals surface area contributed by atoms with Crippen LogP contribution in [0.15, 0.2) is 10.7 Å². The molecule has 0 bridgehead atoms. The Morgan fingerprint density at radius 3 is 2.62 bits per heavy atom. The molecule has 0 spiro atoms. The molecule has 0 aliphatic carbocycles. The van der Waals surface area contributed by atoms with Gasteiger partial charge in [0.25, 0.3) is 0 Å². The minimum atomic E-state index is -0.0539. The maximum absolute atomic E-state index is 5.82. The molecular weight excluding hydrogens is 268 g/mol. The monoisotopic (exact) mass is 288 g/mol. The van der Waals surface area contributed by atoms with E-state index in [-0.39, 0.29) is 5.41 Å². The van der Waals surface area contributed by atoms with Gasteiger partial charge < -0.3 is 10.6 Å². The van der Waals surface area contributed by atoms with Crippen molar-refractivity contribution < 1.29 is 0 Å². The Bertz CT molecular complexity index is 344. The highest BCUT2D eigenvalue weighted by atomic mass is 79.9. The van der Waals surface area contributed by atoms with E-state index in [1.54, 1.807) is 0 Å². The summed E-state index contributed by atoms with van der Waals surface area (Å²) >= 11 is 3.55. The Hall–Kier alpha value is -0.390. The molecular formula is C11H21BrN4. The van der Waals surface area contributed by atoms with Gasteiger partial charge in [0.05, 0.1) is 22.9 Å². The summed E-state index contributed by atoms with van der Waals surface area (Å²) in [6.45, 7) is 6.75. The molecule has 0 fully saturated rings. The first kappa shape index (κ1) is 13.7. The second-order valence-corrected chi connectivity index (χ2v) is 5.81. The smallest absolute Gasteiger partial charge is 0.0635 e. The largest absolute Gasteiger partial charge is 0.330 e. The molecule has 92 valence electrons. The van der Waals surface area contributed by atoms with E-state index in [1.165, 1.54) is 5.69 Å². The van der Waals surface area contributed by atoms with Gasteiger partial charge in [0.1, 0.15) is 0 Å². The lowest BCUT2D eigenvalue weighted by Crippen LogP contribution is -2.32. The molecule has 1 aromatic heterocycles. The predicted octanol–water partition coefficient (Wildman–Crippen LogP) is 1.44. The van der Waals surface area contributed by atoms with E-state index in [4.69, 9.17) is 5.73 Å². The molecule has 4 nitrogen and oxygen atoms in total. The van der Waals surface area contributed by atoms with Crippen LogP contribution < -0.4 is 5.73 Å². The normalized spacial score (nSPS) is 12.4. The van der Waals surface area contributed by atoms with E-state index in [0.717, 1.165) is 17.6 Å². The highest BCUT2D eigenvalue weighted by Crippen LogP contribution is 2.29. The van der Waals surface area contributed by atoms with Crippen molar-refractivity contribution in [2.24, 2.45) is 5.73 Å². The standard InChI is InChI=1S/C11H21BrN4/c1-11(2,8-13)10-9(12)7-14-16(10)6-5-15(3)4/h7H,5-6,8,13H2,1-4H3. The van der Waals surface area contributed by atoms with Gasteiger partial charge in [0.15, 0.2) is 0 Å². The van der Waals surface area contributed by atoms with Crippen LogP contribution in [-0.4, -0.2) is 41.9 Å². The van der Waals surface area contributed by atoms with Crippen molar-refractivity contribution in [2.45, 2.75) is 25.8 Å². The van der Waals surface area contributed by atoms with E-state index in [0.29, 0.717) is 6.54 Å². The quantitative estimate of drug-likeness (QED) is 0.892. The molecule has 0 aliphatic heterocycles. The van der Waals surface area contributed by atoms with Gasteiger partial charge in [-0.3, -0.25) is 4.68 Å². The summed E-state index contributed by atoms with van der Waals surface area (Å²) in [5.74, 6) is 0. The summed E-state index contributed by atoms with van der Waals surface area (Å²) in [6.07, 6.45) is 1.85. The number of aromatic nitrogens is 2. The van der Waals surface area contributed by atoms with E-state index in [1.807, 2.05) is 10.9 Å². The fourth-order valence-corrected chi connectivity index (χ4v) is 2.43. The Morgan fingerprint density at radius 1 is 1.50 bits per heavy atom. The van der Waals surface area contributed by atoms with Crippen LogP contribution in [0.4, 0.5) is 0 Å². The Balaban J connectivity index is 2.94. The van der Waals surface area contributed by atoms with Crippen LogP contribution in [0.2, 0.25) is 0 Å². The van der Waals surface area contributed by atoms with E-state index < -0.39 is 0 Å². The molecule has 0 amide bonds. The van der Waals surface area contributed by atoms with Crippen molar-refractivity contribution in [3.63, 3.8) is 0 Å². The molecule has 0 saturated heterocycles. The third kappa shape index (κ3) is 3.06. The molecule has 5 heteroatoms. The molecule has 0 atom stereocenters. The van der Waals surface area contributed by atoms with Crippen molar-refractivity contribution in [1.82, 2.24) is 14.7 Å². The minimum absolute atomic E-state index is 0.0539. The molecule has 0 radical (unpaired) electrons. The first-order valence-corrected chi connectivity index (χ1v) is 6.24. The summed E-state index contributed by atoms with van der Waals surface area (Å²) < 4.78 is 3.08. The molecule has 0 aromatic carbocycles. The fraction of sp³-hybridized carbons (Fsp3) is 0.727. The molecule has 16 heavy (non-hydrogen) atoms. The average molecular weight is 289 g/mol. The van der Waals surface area contributed by atoms with Gasteiger partial charge in [-0.2, -0.15) is 5.10 Å². The van der Waals surface area contributed by atoms with Gasteiger partial charge in [-0.1, -0.05) is 13.8 Å². The number of halogens is 1. The second kappa shape index (κ2) is 5.29. The summed E-state index contributed by atoms with van der Waals surface area (Å²) in [5.41, 5.74) is 6.94. The van der Waals surface area contributed by atoms with Crippen LogP contribution in [0.25, 0.3) is 0 Å². The molecule has 2 N–H and O–H groups in total. The maximum Gasteiger partial charge on any atom is 0.0635 e. The molecule has 0 unspecified atom stereocenters. The summed E-state index contributed by atoms with van der Waals surface area (Å²) in [7, 11) is 4.12. The fourth-order valence-electron chi connectivity index (χ4n) is 1.60.